The number of halogens is 1. The van der Waals surface area contributed by atoms with Crippen LogP contribution in [0.4, 0.5) is 5.95 Å². The summed E-state index contributed by atoms with van der Waals surface area (Å²) in [6.45, 7) is 5.97. The Morgan fingerprint density at radius 3 is 2.90 bits per heavy atom. The van der Waals surface area contributed by atoms with Crippen molar-refractivity contribution < 1.29 is 0 Å². The molecule has 0 spiro atoms. The molecule has 2 aliphatic heterocycles. The molecule has 29 heavy (non-hydrogen) atoms. The number of hydrogen-bond acceptors (Lipinski definition) is 7. The van der Waals surface area contributed by atoms with E-state index in [9.17, 15) is 0 Å². The molecular weight excluding hydrogens is 388 g/mol. The Hall–Kier alpha value is -2.84. The lowest BCUT2D eigenvalue weighted by molar-refractivity contribution is 0.361. The van der Waals surface area contributed by atoms with E-state index >= 15 is 0 Å². The minimum Gasteiger partial charge on any atom is -0.335 e. The summed E-state index contributed by atoms with van der Waals surface area (Å²) in [5, 5.41) is 4.10. The molecule has 5 heterocycles. The first kappa shape index (κ1) is 18.2. The summed E-state index contributed by atoms with van der Waals surface area (Å²) in [6, 6.07) is 2.58. The normalized spacial score (nSPS) is 24.3. The molecule has 9 heteroatoms. The van der Waals surface area contributed by atoms with Gasteiger partial charge in [0.2, 0.25) is 5.95 Å². The summed E-state index contributed by atoms with van der Waals surface area (Å²) >= 11 is 6.08. The summed E-state index contributed by atoms with van der Waals surface area (Å²) in [5.41, 5.74) is 3.60. The molecule has 5 rings (SSSR count). The number of imidazole rings is 1. The lowest BCUT2D eigenvalue weighted by Crippen LogP contribution is -2.61. The van der Waals surface area contributed by atoms with E-state index in [0.717, 1.165) is 30.1 Å². The SMILES string of the molecule is CC1CN(c2nccc(-c3cnc4cnc(Cl)cn34)n2)C(C)C(C2=CCN=C2)N1. The number of aliphatic imine (C=N–C) groups is 1. The average Bonchev–Trinajstić information content (AvgIpc) is 3.39. The number of hydrogen-bond donors (Lipinski definition) is 1. The van der Waals surface area contributed by atoms with Gasteiger partial charge in [-0.15, -0.1) is 0 Å². The second kappa shape index (κ2) is 7.20. The van der Waals surface area contributed by atoms with Gasteiger partial charge in [-0.05, 0) is 25.5 Å². The van der Waals surface area contributed by atoms with Crippen molar-refractivity contribution in [3.05, 3.63) is 47.7 Å². The molecule has 3 atom stereocenters. The molecule has 1 saturated heterocycles. The summed E-state index contributed by atoms with van der Waals surface area (Å²) in [4.78, 5) is 24.6. The Bertz CT molecular complexity index is 1120. The van der Waals surface area contributed by atoms with Crippen molar-refractivity contribution in [2.75, 3.05) is 18.0 Å². The monoisotopic (exact) mass is 408 g/mol. The predicted octanol–water partition coefficient (Wildman–Crippen LogP) is 2.41. The Balaban J connectivity index is 1.51. The lowest BCUT2D eigenvalue weighted by atomic mass is 9.96. The van der Waals surface area contributed by atoms with Crippen molar-refractivity contribution in [3.8, 4) is 11.4 Å². The molecule has 1 fully saturated rings. The second-order valence-corrected chi connectivity index (χ2v) is 7.85. The zero-order valence-corrected chi connectivity index (χ0v) is 17.0. The van der Waals surface area contributed by atoms with Gasteiger partial charge in [-0.1, -0.05) is 17.7 Å². The van der Waals surface area contributed by atoms with Crippen molar-refractivity contribution in [1.29, 1.82) is 0 Å². The van der Waals surface area contributed by atoms with Gasteiger partial charge >= 0.3 is 0 Å². The van der Waals surface area contributed by atoms with E-state index in [1.807, 2.05) is 16.7 Å². The summed E-state index contributed by atoms with van der Waals surface area (Å²) in [6.07, 6.45) is 11.1. The second-order valence-electron chi connectivity index (χ2n) is 7.46. The van der Waals surface area contributed by atoms with Crippen LogP contribution in [0, 0.1) is 0 Å². The van der Waals surface area contributed by atoms with E-state index in [1.54, 1.807) is 24.8 Å². The molecule has 0 aromatic carbocycles. The minimum absolute atomic E-state index is 0.193. The lowest BCUT2D eigenvalue weighted by Gasteiger charge is -2.43. The fraction of sp³-hybridized carbons (Fsp3) is 0.350. The smallest absolute Gasteiger partial charge is 0.226 e. The van der Waals surface area contributed by atoms with Crippen LogP contribution in [0.3, 0.4) is 0 Å². The highest BCUT2D eigenvalue weighted by atomic mass is 35.5. The fourth-order valence-corrected chi connectivity index (χ4v) is 4.19. The van der Waals surface area contributed by atoms with E-state index in [-0.39, 0.29) is 12.1 Å². The maximum atomic E-state index is 6.08. The van der Waals surface area contributed by atoms with E-state index in [1.165, 1.54) is 5.57 Å². The number of anilines is 1. The minimum atomic E-state index is 0.193. The fourth-order valence-electron chi connectivity index (χ4n) is 4.04. The van der Waals surface area contributed by atoms with Crippen molar-refractivity contribution in [1.82, 2.24) is 29.7 Å². The van der Waals surface area contributed by atoms with Gasteiger partial charge in [-0.3, -0.25) is 9.39 Å². The zero-order valence-electron chi connectivity index (χ0n) is 16.2. The van der Waals surface area contributed by atoms with E-state index in [2.05, 4.69) is 50.1 Å². The first-order valence-electron chi connectivity index (χ1n) is 9.65. The molecule has 0 saturated carbocycles. The van der Waals surface area contributed by atoms with Gasteiger partial charge in [0.15, 0.2) is 5.65 Å². The molecule has 0 radical (unpaired) electrons. The Morgan fingerprint density at radius 2 is 2.07 bits per heavy atom. The van der Waals surface area contributed by atoms with Crippen LogP contribution < -0.4 is 10.2 Å². The highest BCUT2D eigenvalue weighted by Gasteiger charge is 2.34. The largest absolute Gasteiger partial charge is 0.335 e. The molecule has 1 N–H and O–H groups in total. The predicted molar refractivity (Wildman–Crippen MR) is 114 cm³/mol. The molecule has 3 unspecified atom stereocenters. The Kier molecular flexibility index (Phi) is 4.52. The average molecular weight is 409 g/mol. The van der Waals surface area contributed by atoms with Crippen LogP contribution in [0.15, 0.2) is 47.5 Å². The molecular formula is C20H21ClN8. The third-order valence-corrected chi connectivity index (χ3v) is 5.66. The zero-order chi connectivity index (χ0) is 20.0. The Labute approximate surface area is 173 Å². The van der Waals surface area contributed by atoms with Crippen molar-refractivity contribution in [2.24, 2.45) is 4.99 Å². The molecule has 2 aliphatic rings. The highest BCUT2D eigenvalue weighted by molar-refractivity contribution is 6.29. The standard InChI is InChI=1S/C20H21ClN8/c1-12-10-28(13(2)19(26-12)14-3-5-22-7-14)20-23-6-4-15(27-20)16-8-25-18-9-24-17(21)11-29(16)18/h3-4,6-9,11-13,19,26H,5,10H2,1-2H3. The van der Waals surface area contributed by atoms with Gasteiger partial charge in [0, 0.05) is 37.2 Å². The van der Waals surface area contributed by atoms with Gasteiger partial charge in [0.25, 0.3) is 0 Å². The third-order valence-electron chi connectivity index (χ3n) is 5.47. The van der Waals surface area contributed by atoms with E-state index in [0.29, 0.717) is 17.1 Å². The highest BCUT2D eigenvalue weighted by Crippen LogP contribution is 2.26. The summed E-state index contributed by atoms with van der Waals surface area (Å²) in [7, 11) is 0. The summed E-state index contributed by atoms with van der Waals surface area (Å²) < 4.78 is 1.90. The Morgan fingerprint density at radius 1 is 1.17 bits per heavy atom. The third kappa shape index (κ3) is 3.28. The van der Waals surface area contributed by atoms with Crippen LogP contribution >= 0.6 is 11.6 Å². The number of aromatic nitrogens is 5. The van der Waals surface area contributed by atoms with Gasteiger partial charge in [-0.2, -0.15) is 0 Å². The number of nitrogens with zero attached hydrogens (tertiary/aromatic N) is 7. The summed E-state index contributed by atoms with van der Waals surface area (Å²) in [5.74, 6) is 0.707. The van der Waals surface area contributed by atoms with Gasteiger partial charge in [0.05, 0.1) is 36.4 Å². The van der Waals surface area contributed by atoms with E-state index in [4.69, 9.17) is 16.6 Å². The number of piperazine rings is 1. The van der Waals surface area contributed by atoms with Crippen molar-refractivity contribution in [2.45, 2.75) is 32.0 Å². The molecule has 8 nitrogen and oxygen atoms in total. The number of fused-ring (bicyclic) bond motifs is 1. The molecule has 0 aliphatic carbocycles. The van der Waals surface area contributed by atoms with Crippen molar-refractivity contribution in [3.63, 3.8) is 0 Å². The number of nitrogens with one attached hydrogen (secondary N) is 1. The topological polar surface area (TPSA) is 83.6 Å². The van der Waals surface area contributed by atoms with Gasteiger partial charge in [-0.25, -0.2) is 19.9 Å². The van der Waals surface area contributed by atoms with Crippen LogP contribution in [-0.2, 0) is 0 Å². The van der Waals surface area contributed by atoms with Crippen LogP contribution in [0.5, 0.6) is 0 Å². The molecule has 0 amide bonds. The molecule has 148 valence electrons. The maximum Gasteiger partial charge on any atom is 0.226 e. The van der Waals surface area contributed by atoms with Crippen molar-refractivity contribution >= 4 is 29.4 Å². The molecule has 3 aromatic rings. The van der Waals surface area contributed by atoms with Gasteiger partial charge in [0.1, 0.15) is 5.15 Å². The maximum absolute atomic E-state index is 6.08. The van der Waals surface area contributed by atoms with Crippen LogP contribution in [0.25, 0.3) is 17.0 Å². The van der Waals surface area contributed by atoms with Crippen LogP contribution in [0.1, 0.15) is 13.8 Å². The van der Waals surface area contributed by atoms with Crippen LogP contribution in [0.2, 0.25) is 5.15 Å². The van der Waals surface area contributed by atoms with E-state index < -0.39 is 0 Å². The van der Waals surface area contributed by atoms with Crippen LogP contribution in [-0.4, -0.2) is 61.8 Å². The number of rotatable bonds is 3. The molecule has 3 aromatic heterocycles. The first-order valence-corrected chi connectivity index (χ1v) is 10.0. The first-order chi connectivity index (χ1) is 14.1. The quantitative estimate of drug-likeness (QED) is 0.716. The molecule has 0 bridgehead atoms. The van der Waals surface area contributed by atoms with Gasteiger partial charge < -0.3 is 10.2 Å².